The number of likely N-dealkylation sites (tertiary alicyclic amines) is 1. The van der Waals surface area contributed by atoms with Crippen LogP contribution in [0.3, 0.4) is 0 Å². The van der Waals surface area contributed by atoms with Crippen LogP contribution in [0.25, 0.3) is 0 Å². The Morgan fingerprint density at radius 3 is 2.85 bits per heavy atom. The normalized spacial score (nSPS) is 17.7. The summed E-state index contributed by atoms with van der Waals surface area (Å²) in [7, 11) is -3.87. The highest BCUT2D eigenvalue weighted by Crippen LogP contribution is 2.25. The van der Waals surface area contributed by atoms with Crippen molar-refractivity contribution in [3.63, 3.8) is 0 Å². The van der Waals surface area contributed by atoms with Crippen LogP contribution in [-0.4, -0.2) is 36.8 Å². The van der Waals surface area contributed by atoms with Crippen molar-refractivity contribution >= 4 is 27.5 Å². The zero-order valence-electron chi connectivity index (χ0n) is 15.1. The van der Waals surface area contributed by atoms with E-state index in [1.165, 1.54) is 12.1 Å². The second kappa shape index (κ2) is 8.37. The number of benzene rings is 1. The maximum atomic E-state index is 12.8. The molecule has 1 fully saturated rings. The van der Waals surface area contributed by atoms with Gasteiger partial charge in [-0.1, -0.05) is 17.7 Å². The lowest BCUT2D eigenvalue weighted by molar-refractivity contribution is 0.0635. The molecular formula is C19H22ClN3O3S. The molecule has 0 aliphatic carbocycles. The molecule has 1 aromatic heterocycles. The maximum absolute atomic E-state index is 12.8. The van der Waals surface area contributed by atoms with E-state index in [2.05, 4.69) is 9.71 Å². The number of rotatable bonds is 5. The number of carbonyl (C=O) groups excluding carboxylic acids is 1. The van der Waals surface area contributed by atoms with Crippen molar-refractivity contribution in [1.29, 1.82) is 0 Å². The van der Waals surface area contributed by atoms with Crippen molar-refractivity contribution in [2.75, 3.05) is 6.54 Å². The molecule has 1 aromatic carbocycles. The summed E-state index contributed by atoms with van der Waals surface area (Å²) in [6.45, 7) is 2.79. The maximum Gasteiger partial charge on any atom is 0.254 e. The third-order valence-electron chi connectivity index (χ3n) is 4.72. The Morgan fingerprint density at radius 1 is 1.33 bits per heavy atom. The van der Waals surface area contributed by atoms with Crippen LogP contribution in [0.1, 0.15) is 42.1 Å². The minimum absolute atomic E-state index is 0.0805. The number of aromatic nitrogens is 1. The van der Waals surface area contributed by atoms with Crippen LogP contribution < -0.4 is 4.72 Å². The van der Waals surface area contributed by atoms with Crippen LogP contribution in [0, 0.1) is 0 Å². The number of sulfonamides is 1. The lowest BCUT2D eigenvalue weighted by Crippen LogP contribution is -2.42. The number of nitrogens with one attached hydrogen (secondary N) is 1. The fourth-order valence-electron chi connectivity index (χ4n) is 3.17. The first kappa shape index (κ1) is 19.8. The van der Waals surface area contributed by atoms with E-state index in [9.17, 15) is 13.2 Å². The molecule has 1 N–H and O–H groups in total. The highest BCUT2D eigenvalue weighted by atomic mass is 35.5. The van der Waals surface area contributed by atoms with Crippen LogP contribution >= 0.6 is 11.6 Å². The summed E-state index contributed by atoms with van der Waals surface area (Å²) in [6.07, 6.45) is 6.22. The molecule has 8 heteroatoms. The lowest BCUT2D eigenvalue weighted by atomic mass is 10.0. The Labute approximate surface area is 164 Å². The van der Waals surface area contributed by atoms with Gasteiger partial charge in [-0.05, 0) is 56.0 Å². The molecule has 0 bridgehead atoms. The van der Waals surface area contributed by atoms with Gasteiger partial charge in [0.2, 0.25) is 10.0 Å². The summed E-state index contributed by atoms with van der Waals surface area (Å²) >= 11 is 6.13. The van der Waals surface area contributed by atoms with Crippen LogP contribution in [-0.2, 0) is 16.6 Å². The smallest absolute Gasteiger partial charge is 0.254 e. The zero-order chi connectivity index (χ0) is 19.4. The van der Waals surface area contributed by atoms with Gasteiger partial charge in [-0.25, -0.2) is 13.1 Å². The predicted molar refractivity (Wildman–Crippen MR) is 104 cm³/mol. The number of halogens is 1. The third-order valence-corrected chi connectivity index (χ3v) is 6.60. The molecule has 0 spiro atoms. The topological polar surface area (TPSA) is 79.4 Å². The first-order chi connectivity index (χ1) is 12.9. The van der Waals surface area contributed by atoms with E-state index in [4.69, 9.17) is 11.6 Å². The van der Waals surface area contributed by atoms with E-state index >= 15 is 0 Å². The number of nitrogens with zero attached hydrogens (tertiary/aromatic N) is 2. The highest BCUT2D eigenvalue weighted by Gasteiger charge is 2.26. The molecule has 1 saturated heterocycles. The number of piperidine rings is 1. The van der Waals surface area contributed by atoms with Crippen LogP contribution in [0.2, 0.25) is 5.02 Å². The van der Waals surface area contributed by atoms with Gasteiger partial charge in [0.05, 0.1) is 5.02 Å². The van der Waals surface area contributed by atoms with Crippen molar-refractivity contribution in [1.82, 2.24) is 14.6 Å². The van der Waals surface area contributed by atoms with Crippen molar-refractivity contribution in [3.8, 4) is 0 Å². The van der Waals surface area contributed by atoms with Gasteiger partial charge in [-0.3, -0.25) is 9.78 Å². The third kappa shape index (κ3) is 4.66. The Bertz CT molecular complexity index is 919. The van der Waals surface area contributed by atoms with Gasteiger partial charge in [0, 0.05) is 37.1 Å². The molecule has 2 aromatic rings. The van der Waals surface area contributed by atoms with Crippen LogP contribution in [0.4, 0.5) is 0 Å². The first-order valence-corrected chi connectivity index (χ1v) is 10.7. The SMILES string of the molecule is C[C@@H]1CCCCN1C(=O)c1ccc(Cl)c(S(=O)(=O)NCc2cccnc2)c1. The number of pyridine rings is 1. The molecule has 6 nitrogen and oxygen atoms in total. The number of carbonyl (C=O) groups is 1. The van der Waals surface area contributed by atoms with Crippen molar-refractivity contribution in [3.05, 3.63) is 58.9 Å². The molecule has 3 rings (SSSR count). The minimum Gasteiger partial charge on any atom is -0.336 e. The summed E-state index contributed by atoms with van der Waals surface area (Å²) in [6, 6.07) is 8.04. The quantitative estimate of drug-likeness (QED) is 0.825. The van der Waals surface area contributed by atoms with E-state index < -0.39 is 10.0 Å². The van der Waals surface area contributed by atoms with Gasteiger partial charge in [0.15, 0.2) is 0 Å². The van der Waals surface area contributed by atoms with Gasteiger partial charge in [0.1, 0.15) is 4.90 Å². The summed E-state index contributed by atoms with van der Waals surface area (Å²) in [5.41, 5.74) is 1.06. The molecule has 2 heterocycles. The van der Waals surface area contributed by atoms with E-state index in [-0.39, 0.29) is 28.4 Å². The second-order valence-electron chi connectivity index (χ2n) is 6.67. The van der Waals surface area contributed by atoms with Gasteiger partial charge < -0.3 is 4.90 Å². The van der Waals surface area contributed by atoms with E-state index in [1.807, 2.05) is 6.92 Å². The van der Waals surface area contributed by atoms with Crippen LogP contribution in [0.5, 0.6) is 0 Å². The summed E-state index contributed by atoms with van der Waals surface area (Å²) in [5, 5.41) is 0.0805. The molecule has 0 radical (unpaired) electrons. The predicted octanol–water partition coefficient (Wildman–Crippen LogP) is 3.23. The molecule has 27 heavy (non-hydrogen) atoms. The molecular weight excluding hydrogens is 386 g/mol. The van der Waals surface area contributed by atoms with Crippen molar-refractivity contribution < 1.29 is 13.2 Å². The molecule has 1 amide bonds. The second-order valence-corrected chi connectivity index (χ2v) is 8.82. The number of hydrogen-bond acceptors (Lipinski definition) is 4. The summed E-state index contributed by atoms with van der Waals surface area (Å²) < 4.78 is 27.9. The number of hydrogen-bond donors (Lipinski definition) is 1. The zero-order valence-corrected chi connectivity index (χ0v) is 16.6. The molecule has 1 atom stereocenters. The molecule has 1 aliphatic rings. The fraction of sp³-hybridized carbons (Fsp3) is 0.368. The van der Waals surface area contributed by atoms with E-state index in [0.717, 1.165) is 24.8 Å². The Balaban J connectivity index is 1.82. The average Bonchev–Trinajstić information content (AvgIpc) is 2.67. The lowest BCUT2D eigenvalue weighted by Gasteiger charge is -2.33. The number of amides is 1. The minimum atomic E-state index is -3.87. The van der Waals surface area contributed by atoms with Crippen LogP contribution in [0.15, 0.2) is 47.6 Å². The van der Waals surface area contributed by atoms with E-state index in [1.54, 1.807) is 35.5 Å². The first-order valence-electron chi connectivity index (χ1n) is 8.87. The monoisotopic (exact) mass is 407 g/mol. The fourth-order valence-corrected chi connectivity index (χ4v) is 4.71. The summed E-state index contributed by atoms with van der Waals surface area (Å²) in [5.74, 6) is -0.164. The molecule has 0 unspecified atom stereocenters. The Hall–Kier alpha value is -1.96. The van der Waals surface area contributed by atoms with Gasteiger partial charge in [-0.15, -0.1) is 0 Å². The van der Waals surface area contributed by atoms with Gasteiger partial charge in [-0.2, -0.15) is 0 Å². The largest absolute Gasteiger partial charge is 0.336 e. The highest BCUT2D eigenvalue weighted by molar-refractivity contribution is 7.89. The molecule has 0 saturated carbocycles. The van der Waals surface area contributed by atoms with E-state index in [0.29, 0.717) is 12.1 Å². The van der Waals surface area contributed by atoms with Crippen molar-refractivity contribution in [2.45, 2.75) is 43.7 Å². The van der Waals surface area contributed by atoms with Crippen molar-refractivity contribution in [2.24, 2.45) is 0 Å². The standard InChI is InChI=1S/C19H22ClN3O3S/c1-14-5-2-3-10-23(14)19(24)16-7-8-17(20)18(11-16)27(25,26)22-13-15-6-4-9-21-12-15/h4,6-9,11-12,14,22H,2-3,5,10,13H2,1H3/t14-/m1/s1. The average molecular weight is 408 g/mol. The molecule has 1 aliphatic heterocycles. The van der Waals surface area contributed by atoms with Gasteiger partial charge in [0.25, 0.3) is 5.91 Å². The Morgan fingerprint density at radius 2 is 2.15 bits per heavy atom. The Kier molecular flexibility index (Phi) is 6.14. The summed E-state index contributed by atoms with van der Waals surface area (Å²) in [4.78, 5) is 18.5. The molecule has 144 valence electrons. The van der Waals surface area contributed by atoms with Gasteiger partial charge >= 0.3 is 0 Å².